The molecule has 1 aromatic rings. The van der Waals surface area contributed by atoms with Crippen LogP contribution in [0.5, 0.6) is 5.75 Å². The van der Waals surface area contributed by atoms with E-state index < -0.39 is 35.6 Å². The molecule has 0 saturated carbocycles. The summed E-state index contributed by atoms with van der Waals surface area (Å²) in [5, 5.41) is 0. The first-order valence-corrected chi connectivity index (χ1v) is 4.95. The first-order valence-electron chi connectivity index (χ1n) is 4.95. The van der Waals surface area contributed by atoms with E-state index >= 15 is 0 Å². The zero-order valence-electron chi connectivity index (χ0n) is 9.55. The molecule has 0 spiro atoms. The molecule has 18 heavy (non-hydrogen) atoms. The highest BCUT2D eigenvalue weighted by Gasteiger charge is 2.31. The second-order valence-electron chi connectivity index (χ2n) is 3.64. The Kier molecular flexibility index (Phi) is 4.15. The number of benzene rings is 1. The Morgan fingerprint density at radius 2 is 1.89 bits per heavy atom. The van der Waals surface area contributed by atoms with E-state index in [1.165, 1.54) is 0 Å². The molecule has 100 valence electrons. The summed E-state index contributed by atoms with van der Waals surface area (Å²) in [6.45, 7) is 3.13. The Morgan fingerprint density at radius 1 is 1.28 bits per heavy atom. The topological polar surface area (TPSA) is 35.5 Å². The van der Waals surface area contributed by atoms with Crippen molar-refractivity contribution in [2.24, 2.45) is 0 Å². The maximum absolute atomic E-state index is 13.4. The van der Waals surface area contributed by atoms with Crippen LogP contribution in [0, 0.1) is 5.82 Å². The molecule has 0 radical (unpaired) electrons. The Morgan fingerprint density at radius 3 is 2.33 bits per heavy atom. The number of carbonyl (C=O) groups excluding carboxylic acids is 1. The van der Waals surface area contributed by atoms with Crippen LogP contribution >= 0.6 is 0 Å². The molecule has 0 N–H and O–H groups in total. The minimum absolute atomic E-state index is 0.446. The number of esters is 1. The van der Waals surface area contributed by atoms with Gasteiger partial charge in [-0.2, -0.15) is 0 Å². The average molecular weight is 266 g/mol. The molecule has 0 fully saturated rings. The maximum Gasteiger partial charge on any atom is 0.573 e. The molecule has 0 aliphatic carbocycles. The van der Waals surface area contributed by atoms with E-state index in [4.69, 9.17) is 4.74 Å². The molecule has 0 aliphatic rings. The number of halogens is 4. The van der Waals surface area contributed by atoms with Gasteiger partial charge in [-0.25, -0.2) is 9.18 Å². The van der Waals surface area contributed by atoms with Crippen molar-refractivity contribution in [1.29, 1.82) is 0 Å². The minimum atomic E-state index is -4.91. The lowest BCUT2D eigenvalue weighted by Gasteiger charge is -2.11. The second-order valence-corrected chi connectivity index (χ2v) is 3.64. The van der Waals surface area contributed by atoms with Gasteiger partial charge in [0.15, 0.2) is 0 Å². The molecule has 0 heterocycles. The smallest absolute Gasteiger partial charge is 0.459 e. The minimum Gasteiger partial charge on any atom is -0.459 e. The SMILES string of the molecule is CC(C)OC(=O)c1ccc(OC(F)(F)F)cc1F. The van der Waals surface area contributed by atoms with Gasteiger partial charge in [-0.05, 0) is 26.0 Å². The first kappa shape index (κ1) is 14.3. The lowest BCUT2D eigenvalue weighted by molar-refractivity contribution is -0.274. The largest absolute Gasteiger partial charge is 0.573 e. The highest BCUT2D eigenvalue weighted by molar-refractivity contribution is 5.89. The van der Waals surface area contributed by atoms with Gasteiger partial charge in [0.2, 0.25) is 0 Å². The molecule has 7 heteroatoms. The van der Waals surface area contributed by atoms with Crippen molar-refractivity contribution in [2.75, 3.05) is 0 Å². The number of carbonyl (C=O) groups is 1. The van der Waals surface area contributed by atoms with Crippen LogP contribution in [0.25, 0.3) is 0 Å². The monoisotopic (exact) mass is 266 g/mol. The summed E-state index contributed by atoms with van der Waals surface area (Å²) in [6, 6.07) is 2.19. The van der Waals surface area contributed by atoms with E-state index in [9.17, 15) is 22.4 Å². The summed E-state index contributed by atoms with van der Waals surface area (Å²) in [7, 11) is 0. The normalized spacial score (nSPS) is 11.5. The fourth-order valence-electron chi connectivity index (χ4n) is 1.14. The molecule has 1 aromatic carbocycles. The fourth-order valence-corrected chi connectivity index (χ4v) is 1.14. The van der Waals surface area contributed by atoms with Crippen LogP contribution in [-0.2, 0) is 4.74 Å². The van der Waals surface area contributed by atoms with Gasteiger partial charge in [-0.3, -0.25) is 0 Å². The lowest BCUT2D eigenvalue weighted by Crippen LogP contribution is -2.18. The van der Waals surface area contributed by atoms with Crippen LogP contribution in [0.3, 0.4) is 0 Å². The zero-order chi connectivity index (χ0) is 13.9. The summed E-state index contributed by atoms with van der Waals surface area (Å²) in [5.41, 5.74) is -0.446. The van der Waals surface area contributed by atoms with Gasteiger partial charge in [0.1, 0.15) is 11.6 Å². The Labute approximate surface area is 100 Å². The highest BCUT2D eigenvalue weighted by Crippen LogP contribution is 2.24. The number of hydrogen-bond donors (Lipinski definition) is 0. The second kappa shape index (κ2) is 5.24. The van der Waals surface area contributed by atoms with E-state index in [1.807, 2.05) is 0 Å². The number of ether oxygens (including phenoxy) is 2. The van der Waals surface area contributed by atoms with Crippen molar-refractivity contribution in [3.05, 3.63) is 29.6 Å². The van der Waals surface area contributed by atoms with Gasteiger partial charge < -0.3 is 9.47 Å². The summed E-state index contributed by atoms with van der Waals surface area (Å²) in [4.78, 5) is 11.3. The Bertz CT molecular complexity index is 440. The summed E-state index contributed by atoms with van der Waals surface area (Å²) < 4.78 is 57.2. The van der Waals surface area contributed by atoms with E-state index in [0.29, 0.717) is 6.07 Å². The lowest BCUT2D eigenvalue weighted by atomic mass is 10.2. The average Bonchev–Trinajstić information content (AvgIpc) is 2.13. The molecule has 0 aliphatic heterocycles. The first-order chi connectivity index (χ1) is 8.19. The molecule has 1 rings (SSSR count). The quantitative estimate of drug-likeness (QED) is 0.622. The predicted octanol–water partition coefficient (Wildman–Crippen LogP) is 3.29. The van der Waals surface area contributed by atoms with Crippen molar-refractivity contribution >= 4 is 5.97 Å². The van der Waals surface area contributed by atoms with E-state index in [1.54, 1.807) is 13.8 Å². The molecule has 0 aromatic heterocycles. The molecule has 0 amide bonds. The van der Waals surface area contributed by atoms with Crippen molar-refractivity contribution in [3.63, 3.8) is 0 Å². The van der Waals surface area contributed by atoms with E-state index in [0.717, 1.165) is 12.1 Å². The van der Waals surface area contributed by atoms with Crippen LogP contribution in [0.2, 0.25) is 0 Å². The fraction of sp³-hybridized carbons (Fsp3) is 0.364. The van der Waals surface area contributed by atoms with Crippen molar-refractivity contribution in [1.82, 2.24) is 0 Å². The third-order valence-electron chi connectivity index (χ3n) is 1.74. The number of alkyl halides is 3. The standard InChI is InChI=1S/C11H10F4O3/c1-6(2)17-10(16)8-4-3-7(5-9(8)12)18-11(13,14)15/h3-6H,1-2H3. The summed E-state index contributed by atoms with van der Waals surface area (Å²) in [6.07, 6.45) is -5.37. The molecule has 0 bridgehead atoms. The molecule has 0 unspecified atom stereocenters. The van der Waals surface area contributed by atoms with Gasteiger partial charge >= 0.3 is 12.3 Å². The molecular formula is C11H10F4O3. The van der Waals surface area contributed by atoms with E-state index in [-0.39, 0.29) is 0 Å². The Hall–Kier alpha value is -1.79. The van der Waals surface area contributed by atoms with E-state index in [2.05, 4.69) is 4.74 Å². The molecule has 0 atom stereocenters. The molecule has 0 saturated heterocycles. The van der Waals surface area contributed by atoms with Gasteiger partial charge in [-0.15, -0.1) is 13.2 Å². The van der Waals surface area contributed by atoms with Gasteiger partial charge in [0, 0.05) is 6.07 Å². The van der Waals surface area contributed by atoms with Crippen LogP contribution in [0.1, 0.15) is 24.2 Å². The number of rotatable bonds is 3. The number of hydrogen-bond acceptors (Lipinski definition) is 3. The van der Waals surface area contributed by atoms with Crippen molar-refractivity contribution in [2.45, 2.75) is 26.3 Å². The van der Waals surface area contributed by atoms with Gasteiger partial charge in [-0.1, -0.05) is 0 Å². The zero-order valence-corrected chi connectivity index (χ0v) is 9.55. The van der Waals surface area contributed by atoms with Crippen molar-refractivity contribution in [3.8, 4) is 5.75 Å². The van der Waals surface area contributed by atoms with Crippen LogP contribution in [0.15, 0.2) is 18.2 Å². The van der Waals surface area contributed by atoms with Crippen molar-refractivity contribution < 1.29 is 31.8 Å². The Balaban J connectivity index is 2.89. The maximum atomic E-state index is 13.4. The third kappa shape index (κ3) is 4.23. The van der Waals surface area contributed by atoms with Crippen LogP contribution in [-0.4, -0.2) is 18.4 Å². The summed E-state index contributed by atoms with van der Waals surface area (Å²) in [5.74, 6) is -2.82. The summed E-state index contributed by atoms with van der Waals surface area (Å²) >= 11 is 0. The van der Waals surface area contributed by atoms with Crippen LogP contribution in [0.4, 0.5) is 17.6 Å². The predicted molar refractivity (Wildman–Crippen MR) is 53.6 cm³/mol. The molecular weight excluding hydrogens is 256 g/mol. The highest BCUT2D eigenvalue weighted by atomic mass is 19.4. The molecule has 3 nitrogen and oxygen atoms in total. The van der Waals surface area contributed by atoms with Gasteiger partial charge in [0.25, 0.3) is 0 Å². The van der Waals surface area contributed by atoms with Crippen LogP contribution < -0.4 is 4.74 Å². The van der Waals surface area contributed by atoms with Gasteiger partial charge in [0.05, 0.1) is 11.7 Å². The third-order valence-corrected chi connectivity index (χ3v) is 1.74.